The van der Waals surface area contributed by atoms with E-state index in [0.717, 1.165) is 10.5 Å². The molecule has 0 saturated heterocycles. The van der Waals surface area contributed by atoms with Crippen LogP contribution in [-0.2, 0) is 6.61 Å². The summed E-state index contributed by atoms with van der Waals surface area (Å²) in [5.74, 6) is 0. The molecule has 2 heteroatoms. The first-order chi connectivity index (χ1) is 5.36. The average molecular weight is 164 g/mol. The maximum atomic E-state index is 8.71. The summed E-state index contributed by atoms with van der Waals surface area (Å²) < 4.78 is 0. The topological polar surface area (TPSA) is 20.2 Å². The van der Waals surface area contributed by atoms with Gasteiger partial charge in [-0.3, -0.25) is 0 Å². The van der Waals surface area contributed by atoms with Gasteiger partial charge in [-0.1, -0.05) is 12.1 Å². The fraction of sp³-hybridized carbons (Fsp3) is 0.111. The van der Waals surface area contributed by atoms with Gasteiger partial charge in [0.15, 0.2) is 0 Å². The van der Waals surface area contributed by atoms with Crippen molar-refractivity contribution in [1.82, 2.24) is 0 Å². The maximum absolute atomic E-state index is 8.71. The zero-order valence-corrected chi connectivity index (χ0v) is 6.77. The fourth-order valence-corrected chi connectivity index (χ4v) is 1.14. The highest BCUT2D eigenvalue weighted by molar-refractivity contribution is 8.03. The van der Waals surface area contributed by atoms with Gasteiger partial charge < -0.3 is 5.11 Å². The van der Waals surface area contributed by atoms with Crippen molar-refractivity contribution in [3.05, 3.63) is 29.8 Å². The Morgan fingerprint density at radius 1 is 1.36 bits per heavy atom. The summed E-state index contributed by atoms with van der Waals surface area (Å²) >= 11 is 1.34. The Balaban J connectivity index is 2.76. The zero-order chi connectivity index (χ0) is 8.10. The minimum Gasteiger partial charge on any atom is -0.392 e. The van der Waals surface area contributed by atoms with Gasteiger partial charge in [-0.2, -0.15) is 0 Å². The minimum atomic E-state index is 0.0843. The molecule has 0 aromatic heterocycles. The Hall–Kier alpha value is -0.910. The first-order valence-electron chi connectivity index (χ1n) is 3.19. The standard InChI is InChI=1S/C9H8OS/c1-2-11-9-5-3-8(7-10)4-6-9/h1,3-6,10H,7H2. The van der Waals surface area contributed by atoms with E-state index in [0.29, 0.717) is 0 Å². The summed E-state index contributed by atoms with van der Waals surface area (Å²) in [5, 5.41) is 11.2. The minimum absolute atomic E-state index is 0.0843. The summed E-state index contributed by atoms with van der Waals surface area (Å²) in [7, 11) is 0. The fourth-order valence-electron chi connectivity index (χ4n) is 0.731. The van der Waals surface area contributed by atoms with E-state index < -0.39 is 0 Å². The van der Waals surface area contributed by atoms with E-state index >= 15 is 0 Å². The number of aliphatic hydroxyl groups excluding tert-OH is 1. The SMILES string of the molecule is C#CSc1ccc(CO)cc1. The number of hydrogen-bond donors (Lipinski definition) is 1. The average Bonchev–Trinajstić information content (AvgIpc) is 2.07. The van der Waals surface area contributed by atoms with Crippen LogP contribution in [0, 0.1) is 11.7 Å². The van der Waals surface area contributed by atoms with E-state index in [1.54, 1.807) is 0 Å². The first-order valence-corrected chi connectivity index (χ1v) is 4.00. The lowest BCUT2D eigenvalue weighted by Gasteiger charge is -1.96. The molecule has 0 aliphatic heterocycles. The number of hydrogen-bond acceptors (Lipinski definition) is 2. The van der Waals surface area contributed by atoms with Gasteiger partial charge in [-0.05, 0) is 34.7 Å². The van der Waals surface area contributed by atoms with Crippen molar-refractivity contribution >= 4 is 11.8 Å². The molecule has 1 nitrogen and oxygen atoms in total. The molecule has 1 aromatic rings. The van der Waals surface area contributed by atoms with Gasteiger partial charge in [0.2, 0.25) is 0 Å². The molecule has 0 aliphatic carbocycles. The number of aliphatic hydroxyl groups is 1. The van der Waals surface area contributed by atoms with Crippen LogP contribution in [-0.4, -0.2) is 5.11 Å². The van der Waals surface area contributed by atoms with E-state index in [2.05, 4.69) is 5.25 Å². The van der Waals surface area contributed by atoms with Crippen LogP contribution in [0.3, 0.4) is 0 Å². The quantitative estimate of drug-likeness (QED) is 0.532. The number of terminal acetylenes is 1. The van der Waals surface area contributed by atoms with Crippen molar-refractivity contribution in [1.29, 1.82) is 0 Å². The molecule has 0 spiro atoms. The van der Waals surface area contributed by atoms with Crippen LogP contribution in [0.4, 0.5) is 0 Å². The molecule has 1 N–H and O–H groups in total. The van der Waals surface area contributed by atoms with Crippen molar-refractivity contribution in [3.8, 4) is 11.7 Å². The molecule has 56 valence electrons. The second-order valence-corrected chi connectivity index (χ2v) is 2.93. The predicted octanol–water partition coefficient (Wildman–Crippen LogP) is 1.86. The molecule has 1 rings (SSSR count). The van der Waals surface area contributed by atoms with Gasteiger partial charge in [0.05, 0.1) is 6.61 Å². The van der Waals surface area contributed by atoms with Crippen LogP contribution in [0.25, 0.3) is 0 Å². The Morgan fingerprint density at radius 3 is 2.45 bits per heavy atom. The van der Waals surface area contributed by atoms with Crippen LogP contribution in [0.5, 0.6) is 0 Å². The summed E-state index contributed by atoms with van der Waals surface area (Å²) in [6.07, 6.45) is 5.09. The summed E-state index contributed by atoms with van der Waals surface area (Å²) in [6, 6.07) is 7.52. The maximum Gasteiger partial charge on any atom is 0.0681 e. The second kappa shape index (κ2) is 4.07. The normalized spacial score (nSPS) is 9.09. The summed E-state index contributed by atoms with van der Waals surface area (Å²) in [6.45, 7) is 0.0843. The lowest BCUT2D eigenvalue weighted by atomic mass is 10.2. The lowest BCUT2D eigenvalue weighted by Crippen LogP contribution is -1.80. The highest BCUT2D eigenvalue weighted by atomic mass is 32.2. The Bertz CT molecular complexity index is 258. The molecule has 0 saturated carbocycles. The Morgan fingerprint density at radius 2 is 2.00 bits per heavy atom. The number of benzene rings is 1. The molecular formula is C9H8OS. The van der Waals surface area contributed by atoms with Crippen LogP contribution in [0.1, 0.15) is 5.56 Å². The monoisotopic (exact) mass is 164 g/mol. The largest absolute Gasteiger partial charge is 0.392 e. The van der Waals surface area contributed by atoms with Crippen molar-refractivity contribution in [2.75, 3.05) is 0 Å². The molecule has 0 radical (unpaired) electrons. The van der Waals surface area contributed by atoms with Crippen molar-refractivity contribution in [2.24, 2.45) is 0 Å². The van der Waals surface area contributed by atoms with E-state index in [9.17, 15) is 0 Å². The molecule has 0 fully saturated rings. The smallest absolute Gasteiger partial charge is 0.0681 e. The summed E-state index contributed by atoms with van der Waals surface area (Å²) in [5.41, 5.74) is 0.909. The number of rotatable bonds is 2. The molecule has 0 amide bonds. The molecule has 0 unspecified atom stereocenters. The highest BCUT2D eigenvalue weighted by Crippen LogP contribution is 2.16. The molecule has 1 aromatic carbocycles. The van der Waals surface area contributed by atoms with E-state index in [1.807, 2.05) is 24.3 Å². The third kappa shape index (κ3) is 2.30. The van der Waals surface area contributed by atoms with Gasteiger partial charge in [0, 0.05) is 4.90 Å². The van der Waals surface area contributed by atoms with Crippen LogP contribution >= 0.6 is 11.8 Å². The zero-order valence-electron chi connectivity index (χ0n) is 5.95. The molecule has 11 heavy (non-hydrogen) atoms. The molecular weight excluding hydrogens is 156 g/mol. The molecule has 0 aliphatic rings. The van der Waals surface area contributed by atoms with E-state index in [4.69, 9.17) is 11.5 Å². The predicted molar refractivity (Wildman–Crippen MR) is 47.1 cm³/mol. The van der Waals surface area contributed by atoms with Crippen LogP contribution in [0.2, 0.25) is 0 Å². The summed E-state index contributed by atoms with van der Waals surface area (Å²) in [4.78, 5) is 1.03. The van der Waals surface area contributed by atoms with Gasteiger partial charge >= 0.3 is 0 Å². The van der Waals surface area contributed by atoms with Crippen molar-refractivity contribution < 1.29 is 5.11 Å². The van der Waals surface area contributed by atoms with E-state index in [1.165, 1.54) is 11.8 Å². The molecule has 0 bridgehead atoms. The lowest BCUT2D eigenvalue weighted by molar-refractivity contribution is 0.282. The highest BCUT2D eigenvalue weighted by Gasteiger charge is 1.91. The van der Waals surface area contributed by atoms with Gasteiger partial charge in [0.25, 0.3) is 0 Å². The van der Waals surface area contributed by atoms with Crippen LogP contribution < -0.4 is 0 Å². The molecule has 0 heterocycles. The van der Waals surface area contributed by atoms with Crippen molar-refractivity contribution in [2.45, 2.75) is 11.5 Å². The van der Waals surface area contributed by atoms with Crippen LogP contribution in [0.15, 0.2) is 29.2 Å². The first kappa shape index (κ1) is 8.19. The second-order valence-electron chi connectivity index (χ2n) is 2.02. The number of thioether (sulfide) groups is 1. The van der Waals surface area contributed by atoms with Gasteiger partial charge in [-0.15, -0.1) is 6.42 Å². The molecule has 0 atom stereocenters. The van der Waals surface area contributed by atoms with Gasteiger partial charge in [-0.25, -0.2) is 0 Å². The Kier molecular flexibility index (Phi) is 3.03. The van der Waals surface area contributed by atoms with E-state index in [-0.39, 0.29) is 6.61 Å². The van der Waals surface area contributed by atoms with Gasteiger partial charge in [0.1, 0.15) is 0 Å². The Labute approximate surface area is 70.4 Å². The third-order valence-electron chi connectivity index (χ3n) is 1.28. The third-order valence-corrected chi connectivity index (χ3v) is 1.91. The van der Waals surface area contributed by atoms with Crippen molar-refractivity contribution in [3.63, 3.8) is 0 Å².